The van der Waals surface area contributed by atoms with Crippen molar-refractivity contribution in [3.05, 3.63) is 185 Å². The number of aliphatic hydroxyl groups is 3. The van der Waals surface area contributed by atoms with Crippen molar-refractivity contribution in [2.24, 2.45) is 45.6 Å². The van der Waals surface area contributed by atoms with E-state index in [0.717, 1.165) is 73.6 Å². The predicted molar refractivity (Wildman–Crippen MR) is 506 cm³/mol. The molecule has 8 aliphatic rings. The summed E-state index contributed by atoms with van der Waals surface area (Å²) in [5, 5.41) is 53.1. The molecule has 4 saturated carbocycles. The molecule has 4 aromatic carbocycles. The molecule has 136 heavy (non-hydrogen) atoms. The molecule has 732 valence electrons. The summed E-state index contributed by atoms with van der Waals surface area (Å²) in [5.41, 5.74) is 25.6. The number of amides is 4. The molecule has 4 amide bonds. The van der Waals surface area contributed by atoms with Crippen LogP contribution in [0.5, 0.6) is 5.75 Å². The lowest BCUT2D eigenvalue weighted by Crippen LogP contribution is -2.48. The van der Waals surface area contributed by atoms with Gasteiger partial charge in [-0.1, -0.05) is 96.1 Å². The third-order valence-electron chi connectivity index (χ3n) is 26.4. The number of hydrogen-bond acceptors (Lipinski definition) is 29. The van der Waals surface area contributed by atoms with E-state index in [9.17, 15) is 48.5 Å². The van der Waals surface area contributed by atoms with Crippen LogP contribution in [-0.4, -0.2) is 252 Å². The number of benzene rings is 4. The van der Waals surface area contributed by atoms with E-state index in [1.165, 1.54) is 57.2 Å². The molecule has 4 aromatic heterocycles. The number of alkyl halides is 2. The SMILES string of the molecule is CC(C)(F)c1ccc(CN(c2ncnc(NC[C@H]3CCN(CC(N)=O)C[C@@H]3O)c2F)C2CC2)cc1.CC(F)Oc1ccc(CN(c2ncnc(NC[C@H]3CCN(CC(N)=O)C[C@@H]3O)c2F)C2CC2)cc1.Cc1ccc(CN(c2ncnc(NCC3(C#N)CCN(CC(N)=O)CC3)c2F)C2CC2)cc1.Cc1ccc(CN(c2ncnc(NCC3(CO)CCN(CC(N)=O)CC3)c2F)C2CC2)cc1. The summed E-state index contributed by atoms with van der Waals surface area (Å²) < 4.78 is 94.3. The number of aryl methyl sites for hydroxylation is 2. The van der Waals surface area contributed by atoms with E-state index >= 15 is 17.6 Å². The number of hydrogen-bond donors (Lipinski definition) is 11. The van der Waals surface area contributed by atoms with E-state index in [2.05, 4.69) is 116 Å². The van der Waals surface area contributed by atoms with Gasteiger partial charge < -0.3 is 83.9 Å². The number of primary amides is 4. The molecule has 8 aromatic rings. The van der Waals surface area contributed by atoms with Crippen molar-refractivity contribution in [3.8, 4) is 11.8 Å². The van der Waals surface area contributed by atoms with Gasteiger partial charge in [0.25, 0.3) is 0 Å². The van der Waals surface area contributed by atoms with E-state index < -0.39 is 70.1 Å². The van der Waals surface area contributed by atoms with Crippen LogP contribution in [0.4, 0.5) is 72.9 Å². The minimum Gasteiger partial charge on any atom is -0.461 e. The standard InChI is InChI=1S/C25H34F2N6O2.C24H32F2N6O3.C24H30FN7O.C24H33FN6O2/c1-25(2,27)18-5-3-16(4-6-18)12-33(19-7-8-19)24-22(26)23(30-15-31-24)29-11-17-9-10-32(13-20(17)34)14-21(28)35;1-15(25)35-19-6-2-16(3-7-19)11-32(18-4-5-18)24-22(26)23(29-14-30-24)28-10-17-8-9-31(12-20(17)33)13-21(27)34;1-17-2-4-18(5-3-17)12-32(19-6-7-19)23-21(25)22(29-16-30-23)28-15-24(14-26)8-10-31(11-9-24)13-20(27)33;1-17-2-4-18(5-3-17)12-31(19-6-7-19)23-21(25)22(28-16-29-23)27-14-24(15-32)8-10-30(11-9-24)13-20(26)33/h3-6,15,17,19-20,34H,7-14H2,1-2H3,(H2,28,35)(H,29,30,31);2-3,6-7,14-15,17-18,20,33H,4-5,8-13H2,1H3,(H2,27,34)(H,28,29,30);2-5,16,19H,6-13,15H2,1H3,(H2,27,33)(H,28,29,30);2-5,16,19,32H,6-15H2,1H3,(H2,26,33)(H,27,28,29)/t17-,20+;15?,17-,20+;;/m11../s1. The van der Waals surface area contributed by atoms with Crippen molar-refractivity contribution < 1.29 is 65.6 Å². The number of nitrogens with two attached hydrogens (primary N) is 4. The Kier molecular flexibility index (Phi) is 34.9. The fraction of sp³-hybridized carbons (Fsp3) is 0.536. The highest BCUT2D eigenvalue weighted by atomic mass is 19.2. The molecule has 33 nitrogen and oxygen atoms in total. The van der Waals surface area contributed by atoms with Crippen LogP contribution in [0.3, 0.4) is 0 Å². The second-order valence-corrected chi connectivity index (χ2v) is 38.0. The molecule has 5 atom stereocenters. The Balaban J connectivity index is 0.000000153. The first-order chi connectivity index (χ1) is 65.2. The van der Waals surface area contributed by atoms with Crippen molar-refractivity contribution in [1.29, 1.82) is 5.26 Å². The summed E-state index contributed by atoms with van der Waals surface area (Å²) in [4.78, 5) is 93.5. The number of halogens is 6. The molecule has 39 heteroatoms. The third kappa shape index (κ3) is 29.1. The smallest absolute Gasteiger partial charge is 0.235 e. The zero-order chi connectivity index (χ0) is 97.0. The van der Waals surface area contributed by atoms with Crippen molar-refractivity contribution in [2.75, 3.05) is 152 Å². The lowest BCUT2D eigenvalue weighted by atomic mass is 9.79. The number of piperidine rings is 4. The second kappa shape index (κ2) is 46.7. The highest BCUT2D eigenvalue weighted by Crippen LogP contribution is 2.42. The Bertz CT molecular complexity index is 5310. The number of carbonyl (C=O) groups is 4. The molecule has 8 heterocycles. The minimum absolute atomic E-state index is 0.0222. The molecule has 4 aliphatic heterocycles. The number of nitrogens with zero attached hydrogens (tertiary/aromatic N) is 17. The molecule has 4 aliphatic carbocycles. The van der Waals surface area contributed by atoms with Gasteiger partial charge in [-0.15, -0.1) is 0 Å². The van der Waals surface area contributed by atoms with Crippen molar-refractivity contribution in [2.45, 2.75) is 199 Å². The number of aromatic nitrogens is 8. The molecule has 0 spiro atoms. The first kappa shape index (κ1) is 101. The number of rotatable bonds is 40. The third-order valence-corrected chi connectivity index (χ3v) is 26.4. The summed E-state index contributed by atoms with van der Waals surface area (Å²) in [6, 6.07) is 34.1. The molecule has 1 unspecified atom stereocenters. The van der Waals surface area contributed by atoms with E-state index in [1.54, 1.807) is 24.3 Å². The summed E-state index contributed by atoms with van der Waals surface area (Å²) in [6.45, 7) is 17.0. The maximum absolute atomic E-state index is 15.5. The Morgan fingerprint density at radius 2 is 0.779 bits per heavy atom. The average molecular weight is 1890 g/mol. The van der Waals surface area contributed by atoms with Gasteiger partial charge >= 0.3 is 0 Å². The summed E-state index contributed by atoms with van der Waals surface area (Å²) in [7, 11) is 0. The second-order valence-electron chi connectivity index (χ2n) is 38.0. The maximum atomic E-state index is 15.5. The van der Waals surface area contributed by atoms with Crippen LogP contribution in [0.15, 0.2) is 122 Å². The van der Waals surface area contributed by atoms with Gasteiger partial charge in [0.2, 0.25) is 53.3 Å². The quantitative estimate of drug-likeness (QED) is 0.0159. The summed E-state index contributed by atoms with van der Waals surface area (Å²) in [5.74, 6) is -1.86. The molecular weight excluding hydrogens is 1760 g/mol. The van der Waals surface area contributed by atoms with E-state index in [4.69, 9.17) is 27.7 Å². The topological polar surface area (TPSA) is 443 Å². The molecule has 0 bridgehead atoms. The highest BCUT2D eigenvalue weighted by Gasteiger charge is 2.42. The van der Waals surface area contributed by atoms with Crippen LogP contribution in [0, 0.1) is 71.1 Å². The van der Waals surface area contributed by atoms with Crippen LogP contribution in [0.25, 0.3) is 0 Å². The number of β-amino-alcohol motifs (C(OH)–C–C–N with tert-alkyl or cyclic N) is 2. The van der Waals surface area contributed by atoms with Crippen LogP contribution in [0.2, 0.25) is 0 Å². The van der Waals surface area contributed by atoms with Gasteiger partial charge in [0.15, 0.2) is 46.5 Å². The van der Waals surface area contributed by atoms with Gasteiger partial charge in [-0.05, 0) is 184 Å². The fourth-order valence-corrected chi connectivity index (χ4v) is 17.6. The number of carbonyl (C=O) groups excluding carboxylic acids is 4. The van der Waals surface area contributed by atoms with Gasteiger partial charge in [-0.2, -0.15) is 22.8 Å². The zero-order valence-electron chi connectivity index (χ0n) is 78.1. The molecule has 4 saturated heterocycles. The van der Waals surface area contributed by atoms with Gasteiger partial charge in [0.05, 0.1) is 56.5 Å². The fourth-order valence-electron chi connectivity index (χ4n) is 17.6. The number of aliphatic hydroxyl groups excluding tert-OH is 3. The number of anilines is 8. The number of ether oxygens (including phenoxy) is 1. The first-order valence-electron chi connectivity index (χ1n) is 46.9. The van der Waals surface area contributed by atoms with Crippen molar-refractivity contribution in [3.63, 3.8) is 0 Å². The molecule has 16 rings (SSSR count). The maximum Gasteiger partial charge on any atom is 0.235 e. The van der Waals surface area contributed by atoms with Gasteiger partial charge in [-0.3, -0.25) is 38.8 Å². The Morgan fingerprint density at radius 3 is 1.08 bits per heavy atom. The van der Waals surface area contributed by atoms with Crippen LogP contribution in [-0.2, 0) is 51.0 Å². The average Bonchev–Trinajstić information content (AvgIpc) is 1.68. The van der Waals surface area contributed by atoms with E-state index in [-0.39, 0.29) is 128 Å². The molecule has 0 radical (unpaired) electrons. The van der Waals surface area contributed by atoms with Crippen LogP contribution in [0.1, 0.15) is 150 Å². The van der Waals surface area contributed by atoms with E-state index in [0.29, 0.717) is 154 Å². The summed E-state index contributed by atoms with van der Waals surface area (Å²) >= 11 is 0. The van der Waals surface area contributed by atoms with Gasteiger partial charge in [-0.25, -0.2) is 48.7 Å². The van der Waals surface area contributed by atoms with Crippen LogP contribution < -0.4 is 68.5 Å². The summed E-state index contributed by atoms with van der Waals surface area (Å²) in [6.07, 6.45) is 14.4. The van der Waals surface area contributed by atoms with Crippen molar-refractivity contribution >= 4 is 70.2 Å². The zero-order valence-corrected chi connectivity index (χ0v) is 78.1. The Morgan fingerprint density at radius 1 is 0.471 bits per heavy atom. The highest BCUT2D eigenvalue weighted by molar-refractivity contribution is 5.77. The molecule has 8 fully saturated rings. The van der Waals surface area contributed by atoms with E-state index in [1.807, 2.05) is 77.3 Å². The predicted octanol–water partition coefficient (Wildman–Crippen LogP) is 9.29. The molecular formula is C97H129F6N25O8. The molecule has 15 N–H and O–H groups in total. The first-order valence-corrected chi connectivity index (χ1v) is 46.9. The van der Waals surface area contributed by atoms with Gasteiger partial charge in [0, 0.05) is 127 Å². The lowest BCUT2D eigenvalue weighted by molar-refractivity contribution is -0.121. The Labute approximate surface area is 790 Å². The van der Waals surface area contributed by atoms with Crippen molar-refractivity contribution in [1.82, 2.24) is 59.5 Å². The van der Waals surface area contributed by atoms with Gasteiger partial charge in [0.1, 0.15) is 36.7 Å². The lowest BCUT2D eigenvalue weighted by Gasteiger charge is -2.40. The number of nitriles is 1. The minimum atomic E-state index is -1.42. The number of likely N-dealkylation sites (tertiary alicyclic amines) is 4. The number of nitrogens with one attached hydrogen (secondary N) is 4. The Hall–Kier alpha value is -11.9. The normalized spacial score (nSPS) is 19.7. The van der Waals surface area contributed by atoms with Crippen LogP contribution >= 0.6 is 0 Å². The monoisotopic (exact) mass is 1890 g/mol. The largest absolute Gasteiger partial charge is 0.461 e.